The fourth-order valence-electron chi connectivity index (χ4n) is 11.7. The van der Waals surface area contributed by atoms with Gasteiger partial charge in [0.1, 0.15) is 11.3 Å². The molecule has 2 aliphatic heterocycles. The Bertz CT molecular complexity index is 4120. The molecule has 12 aromatic rings. The normalized spacial score (nSPS) is 13.4. The molecule has 0 saturated heterocycles. The molecule has 0 N–H and O–H groups in total. The van der Waals surface area contributed by atoms with Gasteiger partial charge in [-0.15, -0.1) is 34.0 Å². The highest BCUT2D eigenvalue weighted by atomic mass is 32.1. The number of hydrogen-bond donors (Lipinski definition) is 0. The summed E-state index contributed by atoms with van der Waals surface area (Å²) in [5, 5.41) is 6.31. The van der Waals surface area contributed by atoms with Crippen LogP contribution >= 0.6 is 34.0 Å². The van der Waals surface area contributed by atoms with Crippen molar-refractivity contribution in [3.63, 3.8) is 0 Å². The molecular formula is C66H53BN2OS3. The summed E-state index contributed by atoms with van der Waals surface area (Å²) in [6.45, 7) is 18.7. The first-order valence-electron chi connectivity index (χ1n) is 25.4. The van der Waals surface area contributed by atoms with Gasteiger partial charge in [-0.05, 0) is 176 Å². The van der Waals surface area contributed by atoms with Gasteiger partial charge in [-0.25, -0.2) is 0 Å². The largest absolute Gasteiger partial charge is 0.456 e. The zero-order chi connectivity index (χ0) is 49.7. The highest BCUT2D eigenvalue weighted by molar-refractivity contribution is 7.26. The number of thiophene rings is 3. The summed E-state index contributed by atoms with van der Waals surface area (Å²) in [7, 11) is 0. The van der Waals surface area contributed by atoms with Gasteiger partial charge in [0.25, 0.3) is 6.71 Å². The summed E-state index contributed by atoms with van der Waals surface area (Å²) in [5.41, 5.74) is 19.5. The Balaban J connectivity index is 1.07. The van der Waals surface area contributed by atoms with E-state index in [1.54, 1.807) is 0 Å². The second-order valence-electron chi connectivity index (χ2n) is 22.3. The topological polar surface area (TPSA) is 19.6 Å². The maximum atomic E-state index is 6.52. The molecule has 0 spiro atoms. The first-order valence-corrected chi connectivity index (χ1v) is 27.9. The average Bonchev–Trinajstić information content (AvgIpc) is 4.20. The van der Waals surface area contributed by atoms with E-state index in [1.807, 2.05) is 40.1 Å². The first-order chi connectivity index (χ1) is 35.2. The standard InChI is InChI=1S/C66H53BN2OS3/c1-38-28-45(55-32-40-16-9-12-21-54(40)70-55)29-39(2)63(38)69-53-37-47(66(6,7)8)36-52-62(53)67(61-49-35-46(65(3,4)5)25-27-58(49)73-64(61)69)50-26-24-44(60-34-43-18-11-14-23-57(43)72-60)31-51(50)68(52)48-20-15-19-41(30-48)59-33-42-17-10-13-22-56(42)71-59/h9-37H,1-8H3. The van der Waals surface area contributed by atoms with Crippen LogP contribution in [0.15, 0.2) is 180 Å². The van der Waals surface area contributed by atoms with E-state index in [4.69, 9.17) is 4.42 Å². The number of para-hydroxylation sites is 1. The first kappa shape index (κ1) is 44.5. The van der Waals surface area contributed by atoms with Crippen molar-refractivity contribution in [3.8, 4) is 32.2 Å². The van der Waals surface area contributed by atoms with E-state index in [-0.39, 0.29) is 17.5 Å². The second-order valence-corrected chi connectivity index (χ2v) is 25.5. The van der Waals surface area contributed by atoms with Crippen molar-refractivity contribution in [3.05, 3.63) is 198 Å². The number of aryl methyl sites for hydroxylation is 2. The smallest absolute Gasteiger partial charge is 0.254 e. The summed E-state index contributed by atoms with van der Waals surface area (Å²) in [6.07, 6.45) is 0. The van der Waals surface area contributed by atoms with Crippen LogP contribution in [-0.4, -0.2) is 6.71 Å². The van der Waals surface area contributed by atoms with Gasteiger partial charge in [0.2, 0.25) is 0 Å². The minimum Gasteiger partial charge on any atom is -0.456 e. The van der Waals surface area contributed by atoms with Crippen molar-refractivity contribution in [1.29, 1.82) is 0 Å². The van der Waals surface area contributed by atoms with E-state index < -0.39 is 0 Å². The molecule has 0 saturated carbocycles. The molecule has 0 amide bonds. The van der Waals surface area contributed by atoms with Gasteiger partial charge in [0.15, 0.2) is 0 Å². The third kappa shape index (κ3) is 7.11. The Morgan fingerprint density at radius 3 is 1.74 bits per heavy atom. The number of anilines is 6. The van der Waals surface area contributed by atoms with E-state index >= 15 is 0 Å². The zero-order valence-corrected chi connectivity index (χ0v) is 44.8. The molecule has 0 bridgehead atoms. The van der Waals surface area contributed by atoms with Crippen molar-refractivity contribution in [1.82, 2.24) is 0 Å². The predicted octanol–water partition coefficient (Wildman–Crippen LogP) is 18.4. The van der Waals surface area contributed by atoms with Gasteiger partial charge in [-0.1, -0.05) is 133 Å². The lowest BCUT2D eigenvalue weighted by molar-refractivity contribution is 0.590. The van der Waals surface area contributed by atoms with Crippen LogP contribution < -0.4 is 26.2 Å². The maximum absolute atomic E-state index is 6.52. The molecule has 14 rings (SSSR count). The Kier molecular flexibility index (Phi) is 9.87. The summed E-state index contributed by atoms with van der Waals surface area (Å²) in [4.78, 5) is 7.84. The molecular weight excluding hydrogens is 944 g/mol. The molecule has 0 unspecified atom stereocenters. The number of benzene rings is 8. The van der Waals surface area contributed by atoms with Crippen LogP contribution in [-0.2, 0) is 10.8 Å². The maximum Gasteiger partial charge on any atom is 0.254 e. The van der Waals surface area contributed by atoms with Gasteiger partial charge < -0.3 is 14.2 Å². The van der Waals surface area contributed by atoms with Crippen LogP contribution in [0, 0.1) is 13.8 Å². The fourth-order valence-corrected chi connectivity index (χ4v) is 15.0. The van der Waals surface area contributed by atoms with Crippen molar-refractivity contribution in [2.45, 2.75) is 66.2 Å². The van der Waals surface area contributed by atoms with E-state index in [0.29, 0.717) is 0 Å². The van der Waals surface area contributed by atoms with Crippen LogP contribution in [0.2, 0.25) is 0 Å². The van der Waals surface area contributed by atoms with Gasteiger partial charge in [-0.2, -0.15) is 0 Å². The fraction of sp³-hybridized carbons (Fsp3) is 0.152. The highest BCUT2D eigenvalue weighted by Crippen LogP contribution is 2.52. The Morgan fingerprint density at radius 1 is 0.452 bits per heavy atom. The summed E-state index contributed by atoms with van der Waals surface area (Å²) < 4.78 is 10.4. The molecule has 2 aliphatic rings. The zero-order valence-electron chi connectivity index (χ0n) is 42.3. The van der Waals surface area contributed by atoms with E-state index in [9.17, 15) is 0 Å². The van der Waals surface area contributed by atoms with Crippen LogP contribution in [0.5, 0.6) is 0 Å². The summed E-state index contributed by atoms with van der Waals surface area (Å²) in [5.74, 6) is 0.891. The van der Waals surface area contributed by atoms with Crippen LogP contribution in [0.1, 0.15) is 63.8 Å². The van der Waals surface area contributed by atoms with E-state index in [1.165, 1.54) is 118 Å². The minimum absolute atomic E-state index is 0.0262. The quantitative estimate of drug-likeness (QED) is 0.160. The van der Waals surface area contributed by atoms with Gasteiger partial charge >= 0.3 is 0 Å². The van der Waals surface area contributed by atoms with E-state index in [2.05, 4.69) is 235 Å². The molecule has 4 aromatic heterocycles. The van der Waals surface area contributed by atoms with Crippen molar-refractivity contribution in [2.75, 3.05) is 9.80 Å². The molecule has 0 aliphatic carbocycles. The monoisotopic (exact) mass is 996 g/mol. The Hall–Kier alpha value is -7.16. The highest BCUT2D eigenvalue weighted by Gasteiger charge is 2.46. The van der Waals surface area contributed by atoms with Gasteiger partial charge in [-0.3, -0.25) is 0 Å². The molecule has 0 radical (unpaired) electrons. The third-order valence-electron chi connectivity index (χ3n) is 15.4. The summed E-state index contributed by atoms with van der Waals surface area (Å²) >= 11 is 5.69. The third-order valence-corrected chi connectivity index (χ3v) is 18.9. The predicted molar refractivity (Wildman–Crippen MR) is 320 cm³/mol. The van der Waals surface area contributed by atoms with Crippen molar-refractivity contribution < 1.29 is 4.42 Å². The number of fused-ring (bicyclic) bond motifs is 9. The Labute approximate surface area is 439 Å². The van der Waals surface area contributed by atoms with Crippen molar-refractivity contribution >= 4 is 132 Å². The Morgan fingerprint density at radius 2 is 1.08 bits per heavy atom. The molecule has 0 fully saturated rings. The lowest BCUT2D eigenvalue weighted by Crippen LogP contribution is -2.61. The van der Waals surface area contributed by atoms with E-state index in [0.717, 1.165) is 28.0 Å². The average molecular weight is 997 g/mol. The van der Waals surface area contributed by atoms with Crippen molar-refractivity contribution in [2.24, 2.45) is 0 Å². The van der Waals surface area contributed by atoms with Crippen LogP contribution in [0.3, 0.4) is 0 Å². The SMILES string of the molecule is Cc1cc(-c2cc3ccccc3o2)cc(C)c1N1c2cc(C(C)(C)C)cc3c2B(c2ccc(-c4cc5ccccc5s4)cc2N3c2cccc(-c3cc4ccccc4s3)c2)c2c1sc1ccc(C(C)(C)C)cc21. The van der Waals surface area contributed by atoms with Gasteiger partial charge in [0.05, 0.1) is 10.7 Å². The van der Waals surface area contributed by atoms with Crippen LogP contribution in [0.4, 0.5) is 33.4 Å². The second kappa shape index (κ2) is 16.2. The molecule has 8 aromatic carbocycles. The minimum atomic E-state index is -0.159. The number of nitrogens with zero attached hydrogens (tertiary/aromatic N) is 2. The summed E-state index contributed by atoms with van der Waals surface area (Å²) in [6, 6.07) is 66.5. The van der Waals surface area contributed by atoms with Gasteiger partial charge in [0, 0.05) is 57.6 Å². The molecule has 7 heteroatoms. The molecule has 0 atom stereocenters. The lowest BCUT2D eigenvalue weighted by Gasteiger charge is -2.45. The molecule has 354 valence electrons. The molecule has 73 heavy (non-hydrogen) atoms. The lowest BCUT2D eigenvalue weighted by atomic mass is 9.33. The number of furan rings is 1. The molecule has 6 heterocycles. The molecule has 3 nitrogen and oxygen atoms in total. The number of hydrogen-bond acceptors (Lipinski definition) is 6. The van der Waals surface area contributed by atoms with Crippen LogP contribution in [0.25, 0.3) is 73.4 Å². The number of rotatable bonds is 5.